The van der Waals surface area contributed by atoms with Gasteiger partial charge < -0.3 is 15.2 Å². The van der Waals surface area contributed by atoms with E-state index in [1.165, 1.54) is 0 Å². The van der Waals surface area contributed by atoms with Crippen LogP contribution in [-0.4, -0.2) is 23.7 Å². The maximum absolute atomic E-state index is 11.6. The fourth-order valence-corrected chi connectivity index (χ4v) is 2.72. The highest BCUT2D eigenvalue weighted by Gasteiger charge is 2.47. The van der Waals surface area contributed by atoms with E-state index < -0.39 is 11.5 Å². The van der Waals surface area contributed by atoms with Crippen LogP contribution in [0.5, 0.6) is 5.75 Å². The van der Waals surface area contributed by atoms with Gasteiger partial charge in [-0.3, -0.25) is 0 Å². The smallest absolute Gasteiger partial charge is 0.329 e. The summed E-state index contributed by atoms with van der Waals surface area (Å²) in [4.78, 5) is 11.6. The van der Waals surface area contributed by atoms with Crippen LogP contribution in [0.15, 0.2) is 24.3 Å². The summed E-state index contributed by atoms with van der Waals surface area (Å²) in [5, 5.41) is 12.8. The summed E-state index contributed by atoms with van der Waals surface area (Å²) in [6.45, 7) is 1.99. The van der Waals surface area contributed by atoms with Crippen molar-refractivity contribution in [2.45, 2.75) is 31.7 Å². The third kappa shape index (κ3) is 2.03. The van der Waals surface area contributed by atoms with Crippen LogP contribution < -0.4 is 10.1 Å². The topological polar surface area (TPSA) is 58.6 Å². The summed E-state index contributed by atoms with van der Waals surface area (Å²) in [5.41, 5.74) is -0.120. The van der Waals surface area contributed by atoms with Gasteiger partial charge in [0.15, 0.2) is 0 Å². The quantitative estimate of drug-likeness (QED) is 0.861. The molecule has 2 unspecified atom stereocenters. The van der Waals surface area contributed by atoms with E-state index in [1.54, 1.807) is 7.11 Å². The highest BCUT2D eigenvalue weighted by atomic mass is 16.5. The lowest BCUT2D eigenvalue weighted by atomic mass is 9.88. The predicted molar refractivity (Wildman–Crippen MR) is 70.0 cm³/mol. The van der Waals surface area contributed by atoms with Crippen molar-refractivity contribution in [2.24, 2.45) is 5.92 Å². The van der Waals surface area contributed by atoms with Crippen LogP contribution in [0.1, 0.15) is 26.2 Å². The van der Waals surface area contributed by atoms with Crippen LogP contribution in [0, 0.1) is 5.92 Å². The molecule has 1 aromatic carbocycles. The summed E-state index contributed by atoms with van der Waals surface area (Å²) in [6, 6.07) is 7.43. The molecule has 4 nitrogen and oxygen atoms in total. The molecule has 4 heteroatoms. The molecule has 1 saturated carbocycles. The van der Waals surface area contributed by atoms with Gasteiger partial charge in [-0.25, -0.2) is 4.79 Å². The van der Waals surface area contributed by atoms with Gasteiger partial charge in [-0.05, 0) is 30.9 Å². The van der Waals surface area contributed by atoms with Gasteiger partial charge in [0.25, 0.3) is 0 Å². The number of ether oxygens (including phenoxy) is 1. The fraction of sp³-hybridized carbons (Fsp3) is 0.500. The minimum Gasteiger partial charge on any atom is -0.495 e. The summed E-state index contributed by atoms with van der Waals surface area (Å²) >= 11 is 0. The first-order valence-electron chi connectivity index (χ1n) is 6.25. The molecular weight excluding hydrogens is 230 g/mol. The zero-order valence-electron chi connectivity index (χ0n) is 10.8. The Morgan fingerprint density at radius 2 is 2.22 bits per heavy atom. The summed E-state index contributed by atoms with van der Waals surface area (Å²) in [7, 11) is 1.59. The second-order valence-corrected chi connectivity index (χ2v) is 4.90. The first kappa shape index (κ1) is 12.7. The van der Waals surface area contributed by atoms with Crippen molar-refractivity contribution in [3.8, 4) is 5.75 Å². The molecule has 98 valence electrons. The van der Waals surface area contributed by atoms with Gasteiger partial charge in [0, 0.05) is 0 Å². The zero-order valence-corrected chi connectivity index (χ0v) is 10.8. The number of rotatable bonds is 4. The molecule has 1 fully saturated rings. The van der Waals surface area contributed by atoms with Crippen LogP contribution in [-0.2, 0) is 4.79 Å². The predicted octanol–water partition coefficient (Wildman–Crippen LogP) is 2.75. The van der Waals surface area contributed by atoms with Crippen molar-refractivity contribution in [3.05, 3.63) is 24.3 Å². The highest BCUT2D eigenvalue weighted by Crippen LogP contribution is 2.40. The molecule has 2 atom stereocenters. The lowest BCUT2D eigenvalue weighted by molar-refractivity contribution is -0.143. The van der Waals surface area contributed by atoms with Gasteiger partial charge in [-0.1, -0.05) is 25.5 Å². The Hall–Kier alpha value is -1.71. The van der Waals surface area contributed by atoms with Crippen molar-refractivity contribution in [1.29, 1.82) is 0 Å². The largest absolute Gasteiger partial charge is 0.495 e. The Bertz CT molecular complexity index is 446. The number of aliphatic carboxylic acids is 1. The number of anilines is 1. The third-order valence-corrected chi connectivity index (χ3v) is 3.90. The van der Waals surface area contributed by atoms with Crippen LogP contribution in [0.25, 0.3) is 0 Å². The minimum atomic E-state index is -0.866. The summed E-state index contributed by atoms with van der Waals surface area (Å²) in [5.74, 6) is 0.00976. The van der Waals surface area contributed by atoms with E-state index in [9.17, 15) is 9.90 Å². The number of nitrogens with one attached hydrogen (secondary N) is 1. The number of para-hydroxylation sites is 2. The molecule has 0 aromatic heterocycles. The molecule has 0 heterocycles. The Morgan fingerprint density at radius 3 is 2.78 bits per heavy atom. The van der Waals surface area contributed by atoms with Gasteiger partial charge in [0.1, 0.15) is 11.3 Å². The number of benzene rings is 1. The molecule has 0 saturated heterocycles. The summed E-state index contributed by atoms with van der Waals surface area (Å²) in [6.07, 6.45) is 2.53. The molecule has 1 aromatic rings. The lowest BCUT2D eigenvalue weighted by Gasteiger charge is -2.32. The summed E-state index contributed by atoms with van der Waals surface area (Å²) < 4.78 is 5.26. The van der Waals surface area contributed by atoms with Crippen molar-refractivity contribution in [1.82, 2.24) is 0 Å². The van der Waals surface area contributed by atoms with E-state index in [2.05, 4.69) is 5.32 Å². The van der Waals surface area contributed by atoms with Crippen LogP contribution in [0.4, 0.5) is 5.69 Å². The van der Waals surface area contributed by atoms with E-state index in [4.69, 9.17) is 4.74 Å². The van der Waals surface area contributed by atoms with Crippen molar-refractivity contribution in [3.63, 3.8) is 0 Å². The van der Waals surface area contributed by atoms with Crippen LogP contribution in [0.3, 0.4) is 0 Å². The van der Waals surface area contributed by atoms with E-state index in [0.29, 0.717) is 12.2 Å². The molecule has 0 bridgehead atoms. The standard InChI is InChI=1S/C14H19NO3/c1-10-6-5-9-14(10,13(16)17)15-11-7-3-4-8-12(11)18-2/h3-4,7-8,10,15H,5-6,9H2,1-2H3,(H,16,17). The third-order valence-electron chi connectivity index (χ3n) is 3.90. The highest BCUT2D eigenvalue weighted by molar-refractivity contribution is 5.84. The Labute approximate surface area is 107 Å². The number of carboxylic acid groups (broad SMARTS) is 1. The second kappa shape index (κ2) is 4.88. The first-order chi connectivity index (χ1) is 8.60. The van der Waals surface area contributed by atoms with E-state index in [0.717, 1.165) is 18.5 Å². The Balaban J connectivity index is 2.32. The maximum Gasteiger partial charge on any atom is 0.329 e. The average molecular weight is 249 g/mol. The molecule has 0 amide bonds. The molecule has 2 N–H and O–H groups in total. The van der Waals surface area contributed by atoms with Crippen molar-refractivity contribution < 1.29 is 14.6 Å². The molecule has 1 aliphatic carbocycles. The molecule has 18 heavy (non-hydrogen) atoms. The van der Waals surface area contributed by atoms with Gasteiger partial charge in [0.05, 0.1) is 12.8 Å². The molecule has 0 spiro atoms. The lowest BCUT2D eigenvalue weighted by Crippen LogP contribution is -2.48. The van der Waals surface area contributed by atoms with Gasteiger partial charge in [-0.2, -0.15) is 0 Å². The van der Waals surface area contributed by atoms with Gasteiger partial charge >= 0.3 is 5.97 Å². The number of carboxylic acids is 1. The number of methoxy groups -OCH3 is 1. The molecule has 0 radical (unpaired) electrons. The zero-order chi connectivity index (χ0) is 13.2. The van der Waals surface area contributed by atoms with Crippen LogP contribution in [0.2, 0.25) is 0 Å². The van der Waals surface area contributed by atoms with Crippen LogP contribution >= 0.6 is 0 Å². The van der Waals surface area contributed by atoms with E-state index in [1.807, 2.05) is 31.2 Å². The van der Waals surface area contributed by atoms with Crippen molar-refractivity contribution in [2.75, 3.05) is 12.4 Å². The first-order valence-corrected chi connectivity index (χ1v) is 6.25. The Morgan fingerprint density at radius 1 is 1.50 bits per heavy atom. The van der Waals surface area contributed by atoms with E-state index in [-0.39, 0.29) is 5.92 Å². The molecular formula is C14H19NO3. The molecule has 2 rings (SSSR count). The number of carbonyl (C=O) groups is 1. The Kier molecular flexibility index (Phi) is 3.45. The monoisotopic (exact) mass is 249 g/mol. The van der Waals surface area contributed by atoms with Crippen molar-refractivity contribution >= 4 is 11.7 Å². The second-order valence-electron chi connectivity index (χ2n) is 4.90. The average Bonchev–Trinajstić information content (AvgIpc) is 2.73. The number of hydrogen-bond acceptors (Lipinski definition) is 3. The van der Waals surface area contributed by atoms with E-state index >= 15 is 0 Å². The number of hydrogen-bond donors (Lipinski definition) is 2. The van der Waals surface area contributed by atoms with Gasteiger partial charge in [0.2, 0.25) is 0 Å². The normalized spacial score (nSPS) is 26.9. The fourth-order valence-electron chi connectivity index (χ4n) is 2.72. The SMILES string of the molecule is COc1ccccc1NC1(C(=O)O)CCCC1C. The maximum atomic E-state index is 11.6. The minimum absolute atomic E-state index is 0.111. The van der Waals surface area contributed by atoms with Gasteiger partial charge in [-0.15, -0.1) is 0 Å². The molecule has 1 aliphatic rings. The molecule has 0 aliphatic heterocycles.